The quantitative estimate of drug-likeness (QED) is 0.779. The van der Waals surface area contributed by atoms with E-state index < -0.39 is 0 Å². The lowest BCUT2D eigenvalue weighted by molar-refractivity contribution is 0.115. The Morgan fingerprint density at radius 2 is 1.89 bits per heavy atom. The van der Waals surface area contributed by atoms with Crippen LogP contribution in [0, 0.1) is 5.92 Å². The fraction of sp³-hybridized carbons (Fsp3) is 0.647. The van der Waals surface area contributed by atoms with Gasteiger partial charge in [0.15, 0.2) is 0 Å². The Balaban J connectivity index is 2.59. The molecule has 0 radical (unpaired) electrons. The van der Waals surface area contributed by atoms with E-state index in [1.807, 2.05) is 0 Å². The number of hydrogen-bond donors (Lipinski definition) is 1. The molecule has 0 spiro atoms. The van der Waals surface area contributed by atoms with Gasteiger partial charge < -0.3 is 5.73 Å². The number of likely N-dealkylation sites (N-methyl/N-ethyl adjacent to an activating group) is 1. The van der Waals surface area contributed by atoms with Crippen molar-refractivity contribution < 1.29 is 0 Å². The molecule has 2 atom stereocenters. The first-order valence-corrected chi connectivity index (χ1v) is 7.47. The molecule has 0 aromatic heterocycles. The third kappa shape index (κ3) is 4.96. The van der Waals surface area contributed by atoms with Gasteiger partial charge in [-0.2, -0.15) is 0 Å². The monoisotopic (exact) mass is 262 g/mol. The molecule has 2 N–H and O–H groups in total. The topological polar surface area (TPSA) is 29.3 Å². The molecule has 1 aromatic carbocycles. The average Bonchev–Trinajstić information content (AvgIpc) is 2.45. The van der Waals surface area contributed by atoms with Gasteiger partial charge in [-0.15, -0.1) is 0 Å². The molecule has 0 heterocycles. The zero-order valence-corrected chi connectivity index (χ0v) is 13.0. The van der Waals surface area contributed by atoms with E-state index >= 15 is 0 Å². The van der Waals surface area contributed by atoms with Crippen LogP contribution < -0.4 is 5.73 Å². The maximum absolute atomic E-state index is 6.05. The van der Waals surface area contributed by atoms with Crippen molar-refractivity contribution in [3.05, 3.63) is 35.9 Å². The highest BCUT2D eigenvalue weighted by Crippen LogP contribution is 2.21. The number of nitrogens with two attached hydrogens (primary N) is 1. The van der Waals surface area contributed by atoms with E-state index in [-0.39, 0.29) is 5.54 Å². The van der Waals surface area contributed by atoms with Gasteiger partial charge in [-0.1, -0.05) is 50.6 Å². The molecule has 108 valence electrons. The van der Waals surface area contributed by atoms with E-state index in [2.05, 4.69) is 63.1 Å². The van der Waals surface area contributed by atoms with Crippen molar-refractivity contribution in [2.45, 2.75) is 45.6 Å². The molecule has 2 unspecified atom stereocenters. The van der Waals surface area contributed by atoms with Crippen molar-refractivity contribution in [3.8, 4) is 0 Å². The van der Waals surface area contributed by atoms with Crippen LogP contribution >= 0.6 is 0 Å². The van der Waals surface area contributed by atoms with Gasteiger partial charge >= 0.3 is 0 Å². The number of nitrogens with zero attached hydrogens (tertiary/aromatic N) is 1. The van der Waals surface area contributed by atoms with Gasteiger partial charge in [0.1, 0.15) is 0 Å². The second-order valence-corrected chi connectivity index (χ2v) is 6.08. The fourth-order valence-corrected chi connectivity index (χ4v) is 2.32. The molecule has 0 aliphatic rings. The highest BCUT2D eigenvalue weighted by molar-refractivity contribution is 5.15. The molecule has 0 amide bonds. The number of benzene rings is 1. The second kappa shape index (κ2) is 7.66. The highest BCUT2D eigenvalue weighted by Gasteiger charge is 2.27. The standard InChI is InChI=1S/C17H30N2/c1-5-15(2)13-19(4)17(3,14-18)12-11-16-9-7-6-8-10-16/h6-10,15H,5,11-14,18H2,1-4H3. The predicted molar refractivity (Wildman–Crippen MR) is 84.3 cm³/mol. The molecule has 2 heteroatoms. The molecule has 19 heavy (non-hydrogen) atoms. The van der Waals surface area contributed by atoms with Crippen LogP contribution in [0.3, 0.4) is 0 Å². The molecule has 1 aromatic rings. The zero-order chi connectivity index (χ0) is 14.3. The molecular formula is C17H30N2. The van der Waals surface area contributed by atoms with Crippen molar-refractivity contribution in [2.24, 2.45) is 11.7 Å². The first-order valence-electron chi connectivity index (χ1n) is 7.47. The van der Waals surface area contributed by atoms with Crippen LogP contribution in [0.1, 0.15) is 39.2 Å². The Morgan fingerprint density at radius 3 is 2.42 bits per heavy atom. The Labute approximate surface area is 119 Å². The van der Waals surface area contributed by atoms with E-state index in [9.17, 15) is 0 Å². The molecule has 2 nitrogen and oxygen atoms in total. The summed E-state index contributed by atoms with van der Waals surface area (Å²) < 4.78 is 0. The largest absolute Gasteiger partial charge is 0.329 e. The van der Waals surface area contributed by atoms with Crippen LogP contribution in [0.5, 0.6) is 0 Å². The van der Waals surface area contributed by atoms with Crippen LogP contribution in [-0.4, -0.2) is 30.6 Å². The SMILES string of the molecule is CCC(C)CN(C)C(C)(CN)CCc1ccccc1. The summed E-state index contributed by atoms with van der Waals surface area (Å²) in [6.07, 6.45) is 3.43. The lowest BCUT2D eigenvalue weighted by Crippen LogP contribution is -2.51. The summed E-state index contributed by atoms with van der Waals surface area (Å²) in [6.45, 7) is 8.69. The highest BCUT2D eigenvalue weighted by atomic mass is 15.2. The van der Waals surface area contributed by atoms with Gasteiger partial charge in [0.25, 0.3) is 0 Å². The van der Waals surface area contributed by atoms with Crippen LogP contribution in [0.2, 0.25) is 0 Å². The molecular weight excluding hydrogens is 232 g/mol. The fourth-order valence-electron chi connectivity index (χ4n) is 2.32. The lowest BCUT2D eigenvalue weighted by Gasteiger charge is -2.39. The molecule has 0 saturated carbocycles. The molecule has 0 fully saturated rings. The molecule has 0 aliphatic heterocycles. The van der Waals surface area contributed by atoms with Gasteiger partial charge in [0.2, 0.25) is 0 Å². The summed E-state index contributed by atoms with van der Waals surface area (Å²) in [6, 6.07) is 10.7. The summed E-state index contributed by atoms with van der Waals surface area (Å²) in [5, 5.41) is 0. The van der Waals surface area contributed by atoms with E-state index in [1.54, 1.807) is 0 Å². The van der Waals surface area contributed by atoms with Crippen LogP contribution in [-0.2, 0) is 6.42 Å². The number of rotatable bonds is 8. The van der Waals surface area contributed by atoms with E-state index in [4.69, 9.17) is 5.73 Å². The first kappa shape index (κ1) is 16.2. The van der Waals surface area contributed by atoms with Crippen molar-refractivity contribution in [1.29, 1.82) is 0 Å². The van der Waals surface area contributed by atoms with Crippen molar-refractivity contribution in [2.75, 3.05) is 20.1 Å². The second-order valence-electron chi connectivity index (χ2n) is 6.08. The summed E-state index contributed by atoms with van der Waals surface area (Å²) in [5.74, 6) is 0.729. The third-order valence-electron chi connectivity index (χ3n) is 4.44. The van der Waals surface area contributed by atoms with Gasteiger partial charge in [0, 0.05) is 18.6 Å². The van der Waals surface area contributed by atoms with Crippen molar-refractivity contribution in [3.63, 3.8) is 0 Å². The van der Waals surface area contributed by atoms with Gasteiger partial charge in [-0.25, -0.2) is 0 Å². The summed E-state index contributed by atoms with van der Waals surface area (Å²) >= 11 is 0. The van der Waals surface area contributed by atoms with Crippen molar-refractivity contribution >= 4 is 0 Å². The molecule has 0 saturated heterocycles. The number of hydrogen-bond acceptors (Lipinski definition) is 2. The smallest absolute Gasteiger partial charge is 0.0303 e. The van der Waals surface area contributed by atoms with Gasteiger partial charge in [-0.3, -0.25) is 4.90 Å². The van der Waals surface area contributed by atoms with Gasteiger partial charge in [0.05, 0.1) is 0 Å². The predicted octanol–water partition coefficient (Wildman–Crippen LogP) is 3.31. The van der Waals surface area contributed by atoms with Crippen LogP contribution in [0.15, 0.2) is 30.3 Å². The summed E-state index contributed by atoms with van der Waals surface area (Å²) in [7, 11) is 2.21. The lowest BCUT2D eigenvalue weighted by atomic mass is 9.90. The normalized spacial score (nSPS) is 16.3. The minimum atomic E-state index is 0.0965. The Kier molecular flexibility index (Phi) is 6.53. The van der Waals surface area contributed by atoms with Crippen LogP contribution in [0.25, 0.3) is 0 Å². The Hall–Kier alpha value is -0.860. The van der Waals surface area contributed by atoms with E-state index in [0.29, 0.717) is 6.54 Å². The first-order chi connectivity index (χ1) is 9.01. The van der Waals surface area contributed by atoms with E-state index in [0.717, 1.165) is 25.3 Å². The minimum Gasteiger partial charge on any atom is -0.329 e. The molecule has 0 aliphatic carbocycles. The maximum atomic E-state index is 6.05. The van der Waals surface area contributed by atoms with E-state index in [1.165, 1.54) is 12.0 Å². The maximum Gasteiger partial charge on any atom is 0.0303 e. The summed E-state index contributed by atoms with van der Waals surface area (Å²) in [5.41, 5.74) is 7.55. The average molecular weight is 262 g/mol. The molecule has 1 rings (SSSR count). The zero-order valence-electron chi connectivity index (χ0n) is 13.0. The number of aryl methyl sites for hydroxylation is 1. The van der Waals surface area contributed by atoms with Crippen molar-refractivity contribution in [1.82, 2.24) is 4.90 Å². The third-order valence-corrected chi connectivity index (χ3v) is 4.44. The van der Waals surface area contributed by atoms with Gasteiger partial charge in [-0.05, 0) is 38.3 Å². The van der Waals surface area contributed by atoms with Crippen LogP contribution in [0.4, 0.5) is 0 Å². The Bertz CT molecular complexity index is 350. The minimum absolute atomic E-state index is 0.0965. The molecule has 0 bridgehead atoms. The Morgan fingerprint density at radius 1 is 1.26 bits per heavy atom. The summed E-state index contributed by atoms with van der Waals surface area (Å²) in [4.78, 5) is 2.45.